The third-order valence-electron chi connectivity index (χ3n) is 3.09. The molecule has 102 valence electrons. The molecule has 2 heterocycles. The van der Waals surface area contributed by atoms with Crippen LogP contribution in [0, 0.1) is 0 Å². The zero-order valence-electron chi connectivity index (χ0n) is 11.7. The molecule has 0 amide bonds. The molecule has 5 nitrogen and oxygen atoms in total. The van der Waals surface area contributed by atoms with Crippen LogP contribution in [-0.2, 0) is 0 Å². The van der Waals surface area contributed by atoms with Gasteiger partial charge in [0.1, 0.15) is 5.82 Å². The van der Waals surface area contributed by atoms with Crippen molar-refractivity contribution in [2.45, 2.75) is 38.8 Å². The van der Waals surface area contributed by atoms with Crippen LogP contribution in [0.15, 0.2) is 12.3 Å². The van der Waals surface area contributed by atoms with Gasteiger partial charge in [-0.1, -0.05) is 0 Å². The minimum absolute atomic E-state index is 0.208. The molecule has 5 heteroatoms. The molecular weight excluding hydrogens is 226 g/mol. The van der Waals surface area contributed by atoms with E-state index >= 15 is 0 Å². The lowest BCUT2D eigenvalue weighted by atomic mass is 10.1. The van der Waals surface area contributed by atoms with E-state index in [2.05, 4.69) is 52.6 Å². The van der Waals surface area contributed by atoms with Gasteiger partial charge in [0.25, 0.3) is 0 Å². The van der Waals surface area contributed by atoms with Crippen LogP contribution in [0.1, 0.15) is 33.2 Å². The molecule has 1 fully saturated rings. The lowest BCUT2D eigenvalue weighted by Crippen LogP contribution is -2.44. The first-order chi connectivity index (χ1) is 8.56. The van der Waals surface area contributed by atoms with Crippen molar-refractivity contribution in [2.24, 2.45) is 0 Å². The Morgan fingerprint density at radius 1 is 1.39 bits per heavy atom. The highest BCUT2D eigenvalue weighted by molar-refractivity contribution is 5.34. The van der Waals surface area contributed by atoms with E-state index in [1.54, 1.807) is 0 Å². The molecule has 2 rings (SSSR count). The van der Waals surface area contributed by atoms with Crippen LogP contribution in [0.25, 0.3) is 0 Å². The summed E-state index contributed by atoms with van der Waals surface area (Å²) in [6.45, 7) is 10.7. The molecule has 1 aromatic heterocycles. The van der Waals surface area contributed by atoms with Crippen LogP contribution in [-0.4, -0.2) is 41.5 Å². The first-order valence-corrected chi connectivity index (χ1v) is 6.79. The molecular formula is C13H25N5. The molecule has 1 aliphatic heterocycles. The summed E-state index contributed by atoms with van der Waals surface area (Å²) < 4.78 is 2.09. The van der Waals surface area contributed by atoms with Crippen molar-refractivity contribution in [1.29, 1.82) is 0 Å². The van der Waals surface area contributed by atoms with Crippen molar-refractivity contribution in [3.8, 4) is 0 Å². The molecule has 0 saturated carbocycles. The van der Waals surface area contributed by atoms with E-state index in [4.69, 9.17) is 0 Å². The van der Waals surface area contributed by atoms with Crippen LogP contribution in [0.5, 0.6) is 0 Å². The molecule has 1 saturated heterocycles. The number of rotatable bonds is 6. The van der Waals surface area contributed by atoms with Gasteiger partial charge >= 0.3 is 0 Å². The fourth-order valence-electron chi connectivity index (χ4n) is 1.96. The predicted octanol–water partition coefficient (Wildman–Crippen LogP) is 1.22. The molecule has 0 bridgehead atoms. The summed E-state index contributed by atoms with van der Waals surface area (Å²) in [7, 11) is 0. The van der Waals surface area contributed by atoms with Gasteiger partial charge in [-0.3, -0.25) is 0 Å². The highest BCUT2D eigenvalue weighted by Gasteiger charge is 2.21. The van der Waals surface area contributed by atoms with Crippen molar-refractivity contribution in [2.75, 3.05) is 31.5 Å². The average molecular weight is 251 g/mol. The zero-order chi connectivity index (χ0) is 13.0. The highest BCUT2D eigenvalue weighted by atomic mass is 15.4. The third-order valence-corrected chi connectivity index (χ3v) is 3.09. The molecule has 0 aliphatic carbocycles. The van der Waals surface area contributed by atoms with Gasteiger partial charge in [0.15, 0.2) is 0 Å². The first kappa shape index (κ1) is 13.4. The minimum atomic E-state index is 0.208. The lowest BCUT2D eigenvalue weighted by molar-refractivity contribution is 0.321. The van der Waals surface area contributed by atoms with Crippen molar-refractivity contribution in [3.05, 3.63) is 12.3 Å². The van der Waals surface area contributed by atoms with Gasteiger partial charge in [-0.2, -0.15) is 5.10 Å². The fourth-order valence-corrected chi connectivity index (χ4v) is 1.96. The number of nitrogens with zero attached hydrogens (tertiary/aromatic N) is 2. The SMILES string of the molecule is CC(C)(C)NCCCNc1ccnn1C1CNC1. The van der Waals surface area contributed by atoms with E-state index in [1.807, 2.05) is 6.20 Å². The van der Waals surface area contributed by atoms with Crippen LogP contribution in [0.2, 0.25) is 0 Å². The van der Waals surface area contributed by atoms with Crippen molar-refractivity contribution < 1.29 is 0 Å². The lowest BCUT2D eigenvalue weighted by Gasteiger charge is -2.29. The molecule has 0 aromatic carbocycles. The van der Waals surface area contributed by atoms with Crippen LogP contribution in [0.3, 0.4) is 0 Å². The summed E-state index contributed by atoms with van der Waals surface area (Å²) in [5.41, 5.74) is 0.208. The van der Waals surface area contributed by atoms with Crippen molar-refractivity contribution in [1.82, 2.24) is 20.4 Å². The van der Waals surface area contributed by atoms with E-state index in [1.165, 1.54) is 0 Å². The Bertz CT molecular complexity index is 362. The third kappa shape index (κ3) is 3.71. The normalized spacial score (nSPS) is 16.6. The Balaban J connectivity index is 1.69. The van der Waals surface area contributed by atoms with Crippen LogP contribution in [0.4, 0.5) is 5.82 Å². The summed E-state index contributed by atoms with van der Waals surface area (Å²) in [5.74, 6) is 1.14. The van der Waals surface area contributed by atoms with Crippen LogP contribution < -0.4 is 16.0 Å². The zero-order valence-corrected chi connectivity index (χ0v) is 11.7. The molecule has 0 radical (unpaired) electrons. The predicted molar refractivity (Wildman–Crippen MR) is 75.0 cm³/mol. The Hall–Kier alpha value is -1.07. The topological polar surface area (TPSA) is 53.9 Å². The molecule has 1 aliphatic rings. The summed E-state index contributed by atoms with van der Waals surface area (Å²) >= 11 is 0. The molecule has 1 aromatic rings. The Labute approximate surface area is 109 Å². The van der Waals surface area contributed by atoms with Crippen molar-refractivity contribution >= 4 is 5.82 Å². The monoisotopic (exact) mass is 251 g/mol. The van der Waals surface area contributed by atoms with E-state index in [0.29, 0.717) is 6.04 Å². The standard InChI is InChI=1S/C13H25N5/c1-13(2,3)16-7-4-6-15-12-5-8-17-18(12)11-9-14-10-11/h5,8,11,14-16H,4,6-7,9-10H2,1-3H3. The fraction of sp³-hybridized carbons (Fsp3) is 0.769. The summed E-state index contributed by atoms with van der Waals surface area (Å²) in [6.07, 6.45) is 2.99. The maximum Gasteiger partial charge on any atom is 0.124 e. The Kier molecular flexibility index (Phi) is 4.24. The van der Waals surface area contributed by atoms with Gasteiger partial charge in [-0.15, -0.1) is 0 Å². The van der Waals surface area contributed by atoms with Gasteiger partial charge in [0.2, 0.25) is 0 Å². The largest absolute Gasteiger partial charge is 0.370 e. The van der Waals surface area contributed by atoms with Gasteiger partial charge in [-0.05, 0) is 33.7 Å². The number of hydrogen-bond acceptors (Lipinski definition) is 4. The summed E-state index contributed by atoms with van der Waals surface area (Å²) in [5, 5.41) is 14.6. The van der Waals surface area contributed by atoms with E-state index in [9.17, 15) is 0 Å². The number of aromatic nitrogens is 2. The van der Waals surface area contributed by atoms with Gasteiger partial charge in [0, 0.05) is 31.2 Å². The second-order valence-corrected chi connectivity index (χ2v) is 5.93. The summed E-state index contributed by atoms with van der Waals surface area (Å²) in [6, 6.07) is 2.57. The molecule has 0 atom stereocenters. The maximum absolute atomic E-state index is 4.37. The minimum Gasteiger partial charge on any atom is -0.370 e. The van der Waals surface area contributed by atoms with Gasteiger partial charge in [-0.25, -0.2) is 4.68 Å². The van der Waals surface area contributed by atoms with Crippen LogP contribution >= 0.6 is 0 Å². The van der Waals surface area contributed by atoms with Gasteiger partial charge < -0.3 is 16.0 Å². The summed E-state index contributed by atoms with van der Waals surface area (Å²) in [4.78, 5) is 0. The second-order valence-electron chi connectivity index (χ2n) is 5.93. The molecule has 0 spiro atoms. The van der Waals surface area contributed by atoms with Gasteiger partial charge in [0.05, 0.1) is 12.2 Å². The number of nitrogens with one attached hydrogen (secondary N) is 3. The smallest absolute Gasteiger partial charge is 0.124 e. The number of anilines is 1. The van der Waals surface area contributed by atoms with E-state index in [0.717, 1.165) is 38.4 Å². The maximum atomic E-state index is 4.37. The average Bonchev–Trinajstić information content (AvgIpc) is 2.61. The Morgan fingerprint density at radius 3 is 2.78 bits per heavy atom. The molecule has 18 heavy (non-hydrogen) atoms. The van der Waals surface area contributed by atoms with Crippen molar-refractivity contribution in [3.63, 3.8) is 0 Å². The quantitative estimate of drug-likeness (QED) is 0.665. The highest BCUT2D eigenvalue weighted by Crippen LogP contribution is 2.17. The van der Waals surface area contributed by atoms with E-state index < -0.39 is 0 Å². The van der Waals surface area contributed by atoms with E-state index in [-0.39, 0.29) is 5.54 Å². The second kappa shape index (κ2) is 5.71. The Morgan fingerprint density at radius 2 is 2.17 bits per heavy atom. The molecule has 0 unspecified atom stereocenters. The first-order valence-electron chi connectivity index (χ1n) is 6.79. The number of hydrogen-bond donors (Lipinski definition) is 3. The molecule has 3 N–H and O–H groups in total.